The van der Waals surface area contributed by atoms with Crippen molar-refractivity contribution < 1.29 is 14.8 Å². The number of fused-ring (bicyclic) bond motifs is 1. The van der Waals surface area contributed by atoms with Gasteiger partial charge in [-0.3, -0.25) is 10.1 Å². The van der Waals surface area contributed by atoms with E-state index in [1.807, 2.05) is 20.8 Å². The van der Waals surface area contributed by atoms with E-state index in [1.54, 1.807) is 13.0 Å². The first-order valence-corrected chi connectivity index (χ1v) is 9.50. The monoisotopic (exact) mass is 361 g/mol. The zero-order valence-electron chi connectivity index (χ0n) is 16.6. The van der Waals surface area contributed by atoms with E-state index < -0.39 is 0 Å². The number of nitro groups is 1. The number of aromatic hydroxyl groups is 1. The molecule has 0 saturated carbocycles. The number of benzene rings is 1. The molecule has 1 aliphatic rings. The molecule has 1 unspecified atom stereocenters. The molecule has 5 heteroatoms. The molecule has 0 radical (unpaired) electrons. The lowest BCUT2D eigenvalue weighted by Crippen LogP contribution is -2.37. The fourth-order valence-corrected chi connectivity index (χ4v) is 3.79. The van der Waals surface area contributed by atoms with Crippen LogP contribution in [0.2, 0.25) is 0 Å². The van der Waals surface area contributed by atoms with Crippen molar-refractivity contribution in [3.05, 3.63) is 44.1 Å². The number of unbranched alkanes of at least 4 members (excludes halogenated alkanes) is 2. The number of phenolic OH excluding ortho intramolecular Hbond substituents is 1. The van der Waals surface area contributed by atoms with E-state index in [0.717, 1.165) is 66.5 Å². The quantitative estimate of drug-likeness (QED) is 0.393. The van der Waals surface area contributed by atoms with Crippen molar-refractivity contribution in [1.29, 1.82) is 0 Å². The summed E-state index contributed by atoms with van der Waals surface area (Å²) in [6, 6.07) is 0. The van der Waals surface area contributed by atoms with Crippen LogP contribution in [0.25, 0.3) is 0 Å². The highest BCUT2D eigenvalue weighted by atomic mass is 16.6. The average molecular weight is 361 g/mol. The fourth-order valence-electron chi connectivity index (χ4n) is 3.79. The van der Waals surface area contributed by atoms with E-state index in [9.17, 15) is 15.2 Å². The highest BCUT2D eigenvalue weighted by Gasteiger charge is 2.34. The molecule has 1 aliphatic heterocycles. The molecule has 1 heterocycles. The molecule has 144 valence electrons. The molecule has 0 amide bonds. The summed E-state index contributed by atoms with van der Waals surface area (Å²) in [5.74, 6) is 1.33. The summed E-state index contributed by atoms with van der Waals surface area (Å²) >= 11 is 0. The van der Waals surface area contributed by atoms with Crippen LogP contribution < -0.4 is 4.74 Å². The lowest BCUT2D eigenvalue weighted by atomic mass is 9.84. The first-order chi connectivity index (χ1) is 12.2. The van der Waals surface area contributed by atoms with E-state index in [0.29, 0.717) is 17.9 Å². The van der Waals surface area contributed by atoms with E-state index in [4.69, 9.17) is 4.74 Å². The number of ether oxygens (including phenoxy) is 1. The molecule has 1 aromatic rings. The second-order valence-corrected chi connectivity index (χ2v) is 7.68. The number of hydrogen-bond acceptors (Lipinski definition) is 4. The molecule has 0 aliphatic carbocycles. The number of hydrogen-bond donors (Lipinski definition) is 1. The summed E-state index contributed by atoms with van der Waals surface area (Å²) in [7, 11) is 0. The van der Waals surface area contributed by atoms with Crippen molar-refractivity contribution in [1.82, 2.24) is 0 Å². The standard InChI is InChI=1S/C21H31NO4/c1-6-17(22(24)25)10-8-7-9-12-21(5)13-11-18-16(4)19(23)14(2)15(3)20(18)26-21/h6,23H,7-13H2,1-5H3/b17-6-. The van der Waals surface area contributed by atoms with E-state index in [-0.39, 0.29) is 10.5 Å². The summed E-state index contributed by atoms with van der Waals surface area (Å²) in [5.41, 5.74) is 4.08. The molecule has 2 rings (SSSR count). The van der Waals surface area contributed by atoms with Crippen LogP contribution in [0.5, 0.6) is 11.5 Å². The van der Waals surface area contributed by atoms with Gasteiger partial charge in [-0.1, -0.05) is 6.42 Å². The number of allylic oxidation sites excluding steroid dienone is 2. The van der Waals surface area contributed by atoms with Crippen LogP contribution in [0.4, 0.5) is 0 Å². The smallest absolute Gasteiger partial charge is 0.242 e. The maximum atomic E-state index is 10.8. The van der Waals surface area contributed by atoms with Crippen LogP contribution in [0.1, 0.15) is 74.6 Å². The van der Waals surface area contributed by atoms with Crippen LogP contribution in [0.15, 0.2) is 11.8 Å². The largest absolute Gasteiger partial charge is 0.507 e. The van der Waals surface area contributed by atoms with Gasteiger partial charge in [-0.25, -0.2) is 0 Å². The summed E-state index contributed by atoms with van der Waals surface area (Å²) in [6.07, 6.45) is 7.69. The Labute approximate surface area is 156 Å². The molecular formula is C21H31NO4. The van der Waals surface area contributed by atoms with Crippen LogP contribution >= 0.6 is 0 Å². The van der Waals surface area contributed by atoms with Gasteiger partial charge in [-0.05, 0) is 89.5 Å². The van der Waals surface area contributed by atoms with Gasteiger partial charge in [0.2, 0.25) is 5.70 Å². The summed E-state index contributed by atoms with van der Waals surface area (Å²) in [4.78, 5) is 10.5. The number of rotatable bonds is 7. The van der Waals surface area contributed by atoms with Gasteiger partial charge < -0.3 is 9.84 Å². The summed E-state index contributed by atoms with van der Waals surface area (Å²) in [6.45, 7) is 9.77. The highest BCUT2D eigenvalue weighted by molar-refractivity contribution is 5.58. The van der Waals surface area contributed by atoms with E-state index >= 15 is 0 Å². The average Bonchev–Trinajstić information content (AvgIpc) is 2.60. The Morgan fingerprint density at radius 3 is 2.54 bits per heavy atom. The fraction of sp³-hybridized carbons (Fsp3) is 0.619. The second kappa shape index (κ2) is 8.11. The maximum absolute atomic E-state index is 10.8. The van der Waals surface area contributed by atoms with Crippen molar-refractivity contribution in [3.8, 4) is 11.5 Å². The zero-order chi connectivity index (χ0) is 19.5. The Bertz CT molecular complexity index is 723. The van der Waals surface area contributed by atoms with Gasteiger partial charge in [0, 0.05) is 12.0 Å². The third-order valence-electron chi connectivity index (χ3n) is 5.80. The molecule has 26 heavy (non-hydrogen) atoms. The second-order valence-electron chi connectivity index (χ2n) is 7.68. The van der Waals surface area contributed by atoms with E-state index in [2.05, 4.69) is 6.92 Å². The topological polar surface area (TPSA) is 72.6 Å². The molecule has 1 aromatic carbocycles. The van der Waals surface area contributed by atoms with Crippen molar-refractivity contribution >= 4 is 0 Å². The predicted octanol–water partition coefficient (Wildman–Crippen LogP) is 5.53. The van der Waals surface area contributed by atoms with Gasteiger partial charge in [0.25, 0.3) is 0 Å². The summed E-state index contributed by atoms with van der Waals surface area (Å²) in [5, 5.41) is 21.1. The first-order valence-electron chi connectivity index (χ1n) is 9.50. The van der Waals surface area contributed by atoms with Crippen LogP contribution in [-0.4, -0.2) is 15.6 Å². The van der Waals surface area contributed by atoms with Crippen LogP contribution in [-0.2, 0) is 6.42 Å². The highest BCUT2D eigenvalue weighted by Crippen LogP contribution is 2.44. The van der Waals surface area contributed by atoms with Gasteiger partial charge >= 0.3 is 0 Å². The third kappa shape index (κ3) is 4.19. The van der Waals surface area contributed by atoms with Gasteiger partial charge in [-0.15, -0.1) is 0 Å². The molecule has 5 nitrogen and oxygen atoms in total. The lowest BCUT2D eigenvalue weighted by Gasteiger charge is -2.38. The van der Waals surface area contributed by atoms with Crippen LogP contribution in [0.3, 0.4) is 0 Å². The van der Waals surface area contributed by atoms with Crippen molar-refractivity contribution in [2.24, 2.45) is 0 Å². The third-order valence-corrected chi connectivity index (χ3v) is 5.80. The zero-order valence-corrected chi connectivity index (χ0v) is 16.6. The summed E-state index contributed by atoms with van der Waals surface area (Å²) < 4.78 is 6.42. The molecule has 1 atom stereocenters. The minimum atomic E-state index is -0.286. The predicted molar refractivity (Wildman–Crippen MR) is 104 cm³/mol. The minimum Gasteiger partial charge on any atom is -0.507 e. The molecule has 0 saturated heterocycles. The minimum absolute atomic E-state index is 0.208. The molecule has 0 spiro atoms. The first kappa shape index (κ1) is 20.3. The van der Waals surface area contributed by atoms with E-state index in [1.165, 1.54) is 0 Å². The van der Waals surface area contributed by atoms with Crippen LogP contribution in [0, 0.1) is 30.9 Å². The Morgan fingerprint density at radius 1 is 1.23 bits per heavy atom. The maximum Gasteiger partial charge on any atom is 0.242 e. The Balaban J connectivity index is 1.96. The lowest BCUT2D eigenvalue weighted by molar-refractivity contribution is -0.428. The van der Waals surface area contributed by atoms with Gasteiger partial charge in [-0.2, -0.15) is 0 Å². The SMILES string of the molecule is C/C=C(/CCCCCC1(C)CCc2c(C)c(O)c(C)c(C)c2O1)[N+](=O)[O-]. The van der Waals surface area contributed by atoms with Gasteiger partial charge in [0.15, 0.2) is 0 Å². The molecule has 1 N–H and O–H groups in total. The Hall–Kier alpha value is -2.04. The normalized spacial score (nSPS) is 19.8. The molecule has 0 bridgehead atoms. The van der Waals surface area contributed by atoms with Crippen molar-refractivity contribution in [2.75, 3.05) is 0 Å². The van der Waals surface area contributed by atoms with Gasteiger partial charge in [0.1, 0.15) is 17.1 Å². The number of phenols is 1. The Kier molecular flexibility index (Phi) is 6.32. The molecule has 0 fully saturated rings. The van der Waals surface area contributed by atoms with Crippen molar-refractivity contribution in [2.45, 2.75) is 85.2 Å². The molecule has 0 aromatic heterocycles. The molecular weight excluding hydrogens is 330 g/mol. The van der Waals surface area contributed by atoms with Crippen molar-refractivity contribution in [3.63, 3.8) is 0 Å². The van der Waals surface area contributed by atoms with Gasteiger partial charge in [0.05, 0.1) is 4.92 Å². The number of nitrogens with zero attached hydrogens (tertiary/aromatic N) is 1. The Morgan fingerprint density at radius 2 is 1.92 bits per heavy atom.